The van der Waals surface area contributed by atoms with Crippen molar-refractivity contribution in [2.24, 2.45) is 5.92 Å². The summed E-state index contributed by atoms with van der Waals surface area (Å²) >= 11 is 0. The number of hydrogen-bond acceptors (Lipinski definition) is 2. The lowest BCUT2D eigenvalue weighted by molar-refractivity contribution is 0.439. The standard InChI is InChI=1S/C9H20N2/c1-10-7-5-9-4-2-3-6-11-8-9/h9-11H,2-8H2,1H3. The van der Waals surface area contributed by atoms with Crippen molar-refractivity contribution in [2.75, 3.05) is 26.7 Å². The molecular weight excluding hydrogens is 136 g/mol. The third-order valence-corrected chi connectivity index (χ3v) is 2.45. The Kier molecular flexibility index (Phi) is 4.55. The van der Waals surface area contributed by atoms with Gasteiger partial charge in [-0.2, -0.15) is 0 Å². The van der Waals surface area contributed by atoms with Crippen molar-refractivity contribution in [2.45, 2.75) is 25.7 Å². The van der Waals surface area contributed by atoms with E-state index < -0.39 is 0 Å². The van der Waals surface area contributed by atoms with Crippen molar-refractivity contribution in [3.05, 3.63) is 0 Å². The zero-order valence-corrected chi connectivity index (χ0v) is 7.53. The Morgan fingerprint density at radius 1 is 1.45 bits per heavy atom. The molecule has 0 aromatic rings. The van der Waals surface area contributed by atoms with Crippen LogP contribution in [-0.4, -0.2) is 26.7 Å². The van der Waals surface area contributed by atoms with Gasteiger partial charge in [-0.15, -0.1) is 0 Å². The molecule has 66 valence electrons. The van der Waals surface area contributed by atoms with Crippen LogP contribution >= 0.6 is 0 Å². The van der Waals surface area contributed by atoms with E-state index in [1.54, 1.807) is 0 Å². The molecule has 1 unspecified atom stereocenters. The topological polar surface area (TPSA) is 24.1 Å². The maximum Gasteiger partial charge on any atom is -0.00200 e. The first-order chi connectivity index (χ1) is 5.43. The largest absolute Gasteiger partial charge is 0.320 e. The smallest absolute Gasteiger partial charge is 0.00200 e. The summed E-state index contributed by atoms with van der Waals surface area (Å²) in [6.45, 7) is 3.64. The number of hydrogen-bond donors (Lipinski definition) is 2. The zero-order chi connectivity index (χ0) is 7.94. The van der Waals surface area contributed by atoms with Gasteiger partial charge in [0.2, 0.25) is 0 Å². The fourth-order valence-electron chi connectivity index (χ4n) is 1.69. The maximum absolute atomic E-state index is 3.48. The molecule has 11 heavy (non-hydrogen) atoms. The average Bonchev–Trinajstić information content (AvgIpc) is 2.28. The van der Waals surface area contributed by atoms with Crippen LogP contribution in [0.2, 0.25) is 0 Å². The summed E-state index contributed by atoms with van der Waals surface area (Å²) in [5.41, 5.74) is 0. The van der Waals surface area contributed by atoms with E-state index in [0.29, 0.717) is 0 Å². The lowest BCUT2D eigenvalue weighted by Crippen LogP contribution is -2.23. The van der Waals surface area contributed by atoms with Gasteiger partial charge in [0.05, 0.1) is 0 Å². The molecule has 0 saturated carbocycles. The molecule has 0 aromatic carbocycles. The summed E-state index contributed by atoms with van der Waals surface area (Å²) in [4.78, 5) is 0. The molecular formula is C9H20N2. The van der Waals surface area contributed by atoms with Gasteiger partial charge in [0.15, 0.2) is 0 Å². The van der Waals surface area contributed by atoms with Crippen LogP contribution in [0.4, 0.5) is 0 Å². The van der Waals surface area contributed by atoms with Crippen LogP contribution in [0.15, 0.2) is 0 Å². The van der Waals surface area contributed by atoms with Crippen molar-refractivity contribution in [1.29, 1.82) is 0 Å². The van der Waals surface area contributed by atoms with Gasteiger partial charge < -0.3 is 10.6 Å². The Hall–Kier alpha value is -0.0800. The summed E-state index contributed by atoms with van der Waals surface area (Å²) in [6.07, 6.45) is 5.55. The molecule has 1 aliphatic heterocycles. The lowest BCUT2D eigenvalue weighted by atomic mass is 10.00. The highest BCUT2D eigenvalue weighted by Crippen LogP contribution is 2.13. The summed E-state index contributed by atoms with van der Waals surface area (Å²) < 4.78 is 0. The molecule has 0 spiro atoms. The van der Waals surface area contributed by atoms with Gasteiger partial charge in [-0.1, -0.05) is 6.42 Å². The van der Waals surface area contributed by atoms with Crippen molar-refractivity contribution in [3.63, 3.8) is 0 Å². The van der Waals surface area contributed by atoms with Crippen LogP contribution in [0, 0.1) is 5.92 Å². The lowest BCUT2D eigenvalue weighted by Gasteiger charge is -2.12. The molecule has 0 aromatic heterocycles. The van der Waals surface area contributed by atoms with Crippen LogP contribution in [0.5, 0.6) is 0 Å². The highest BCUT2D eigenvalue weighted by Gasteiger charge is 2.10. The van der Waals surface area contributed by atoms with Gasteiger partial charge in [0.25, 0.3) is 0 Å². The predicted molar refractivity (Wildman–Crippen MR) is 48.8 cm³/mol. The van der Waals surface area contributed by atoms with Crippen molar-refractivity contribution >= 4 is 0 Å². The van der Waals surface area contributed by atoms with E-state index in [1.807, 2.05) is 7.05 Å². The quantitative estimate of drug-likeness (QED) is 0.636. The molecule has 0 radical (unpaired) electrons. The molecule has 1 rings (SSSR count). The molecule has 0 amide bonds. The Morgan fingerprint density at radius 3 is 3.18 bits per heavy atom. The summed E-state index contributed by atoms with van der Waals surface area (Å²) in [5, 5.41) is 6.69. The van der Waals surface area contributed by atoms with Gasteiger partial charge in [0, 0.05) is 0 Å². The predicted octanol–water partition coefficient (Wildman–Crippen LogP) is 0.986. The summed E-state index contributed by atoms with van der Waals surface area (Å²) in [5.74, 6) is 0.921. The van der Waals surface area contributed by atoms with Gasteiger partial charge in [0.1, 0.15) is 0 Å². The van der Waals surface area contributed by atoms with Gasteiger partial charge in [-0.3, -0.25) is 0 Å². The molecule has 1 heterocycles. The molecule has 0 bridgehead atoms. The second-order valence-corrected chi connectivity index (χ2v) is 3.46. The van der Waals surface area contributed by atoms with E-state index in [9.17, 15) is 0 Å². The molecule has 1 saturated heterocycles. The number of rotatable bonds is 3. The highest BCUT2D eigenvalue weighted by atomic mass is 14.9. The Labute approximate surface area is 69.8 Å². The van der Waals surface area contributed by atoms with Gasteiger partial charge in [-0.25, -0.2) is 0 Å². The summed E-state index contributed by atoms with van der Waals surface area (Å²) in [7, 11) is 2.03. The summed E-state index contributed by atoms with van der Waals surface area (Å²) in [6, 6.07) is 0. The molecule has 1 atom stereocenters. The molecule has 1 aliphatic rings. The first kappa shape index (κ1) is 9.01. The zero-order valence-electron chi connectivity index (χ0n) is 7.53. The highest BCUT2D eigenvalue weighted by molar-refractivity contribution is 4.67. The second kappa shape index (κ2) is 5.56. The SMILES string of the molecule is CNCCC1CCCCNC1. The average molecular weight is 156 g/mol. The van der Waals surface area contributed by atoms with Crippen molar-refractivity contribution < 1.29 is 0 Å². The van der Waals surface area contributed by atoms with Crippen LogP contribution in [0.25, 0.3) is 0 Å². The van der Waals surface area contributed by atoms with Crippen LogP contribution in [0.3, 0.4) is 0 Å². The van der Waals surface area contributed by atoms with E-state index in [2.05, 4.69) is 10.6 Å². The van der Waals surface area contributed by atoms with Crippen LogP contribution < -0.4 is 10.6 Å². The molecule has 2 N–H and O–H groups in total. The Bertz CT molecular complexity index is 85.6. The third-order valence-electron chi connectivity index (χ3n) is 2.45. The van der Waals surface area contributed by atoms with Crippen molar-refractivity contribution in [1.82, 2.24) is 10.6 Å². The second-order valence-electron chi connectivity index (χ2n) is 3.46. The first-order valence-electron chi connectivity index (χ1n) is 4.79. The molecule has 2 heteroatoms. The van der Waals surface area contributed by atoms with Crippen molar-refractivity contribution in [3.8, 4) is 0 Å². The van der Waals surface area contributed by atoms with Gasteiger partial charge in [-0.05, 0) is 51.9 Å². The van der Waals surface area contributed by atoms with Crippen LogP contribution in [0.1, 0.15) is 25.7 Å². The van der Waals surface area contributed by atoms with Gasteiger partial charge >= 0.3 is 0 Å². The first-order valence-corrected chi connectivity index (χ1v) is 4.79. The normalized spacial score (nSPS) is 26.5. The number of nitrogens with one attached hydrogen (secondary N) is 2. The van der Waals surface area contributed by atoms with E-state index >= 15 is 0 Å². The third kappa shape index (κ3) is 3.73. The van der Waals surface area contributed by atoms with E-state index in [0.717, 1.165) is 5.92 Å². The minimum absolute atomic E-state index is 0.921. The fourth-order valence-corrected chi connectivity index (χ4v) is 1.69. The maximum atomic E-state index is 3.48. The monoisotopic (exact) mass is 156 g/mol. The van der Waals surface area contributed by atoms with E-state index in [1.165, 1.54) is 45.3 Å². The van der Waals surface area contributed by atoms with E-state index in [4.69, 9.17) is 0 Å². The Balaban J connectivity index is 2.09. The fraction of sp³-hybridized carbons (Fsp3) is 1.00. The van der Waals surface area contributed by atoms with E-state index in [-0.39, 0.29) is 0 Å². The molecule has 0 aliphatic carbocycles. The minimum Gasteiger partial charge on any atom is -0.320 e. The minimum atomic E-state index is 0.921. The molecule has 1 fully saturated rings. The Morgan fingerprint density at radius 2 is 2.36 bits per heavy atom. The van der Waals surface area contributed by atoms with Crippen LogP contribution in [-0.2, 0) is 0 Å². The molecule has 2 nitrogen and oxygen atoms in total.